The zero-order valence-corrected chi connectivity index (χ0v) is 25.1. The molecule has 0 aliphatic carbocycles. The fourth-order valence-electron chi connectivity index (χ4n) is 4.49. The van der Waals surface area contributed by atoms with Crippen LogP contribution in [0, 0.1) is 11.8 Å². The zero-order chi connectivity index (χ0) is 32.2. The molecule has 16 heteroatoms. The second kappa shape index (κ2) is 13.2. The third-order valence-corrected chi connectivity index (χ3v) is 8.00. The van der Waals surface area contributed by atoms with Gasteiger partial charge in [0, 0.05) is 24.0 Å². The maximum atomic E-state index is 11.4. The lowest BCUT2D eigenvalue weighted by Gasteiger charge is -2.08. The Labute approximate surface area is 259 Å². The molecule has 1 fully saturated rings. The summed E-state index contributed by atoms with van der Waals surface area (Å²) in [6.45, 7) is 1.16. The average molecular weight is 659 g/mol. The topological polar surface area (TPSA) is 148 Å². The highest BCUT2D eigenvalue weighted by atomic mass is 32.2. The molecule has 0 spiro atoms. The van der Waals surface area contributed by atoms with Gasteiger partial charge in [-0.15, -0.1) is 11.3 Å². The fraction of sp³-hybridized carbons (Fsp3) is 0.241. The van der Waals surface area contributed by atoms with Crippen LogP contribution in [0.2, 0.25) is 0 Å². The van der Waals surface area contributed by atoms with Gasteiger partial charge in [0.15, 0.2) is 0 Å². The van der Waals surface area contributed by atoms with Crippen LogP contribution in [0.5, 0.6) is 0 Å². The molecular formula is C29H25F3N6O5S2. The van der Waals surface area contributed by atoms with E-state index in [1.165, 1.54) is 16.9 Å². The van der Waals surface area contributed by atoms with Crippen LogP contribution in [0.25, 0.3) is 21.1 Å². The number of carboxylic acid groups (broad SMARTS) is 1. The molecule has 2 aromatic carbocycles. The lowest BCUT2D eigenvalue weighted by atomic mass is 10.2. The molecule has 45 heavy (non-hydrogen) atoms. The Morgan fingerprint density at radius 3 is 2.67 bits per heavy atom. The van der Waals surface area contributed by atoms with Crippen molar-refractivity contribution in [2.24, 2.45) is 0 Å². The molecule has 3 aromatic heterocycles. The smallest absolute Gasteiger partial charge is 0.475 e. The van der Waals surface area contributed by atoms with Gasteiger partial charge < -0.3 is 15.7 Å². The maximum absolute atomic E-state index is 11.4. The Hall–Kier alpha value is -4.56. The quantitative estimate of drug-likeness (QED) is 0.176. The largest absolute Gasteiger partial charge is 0.490 e. The first-order valence-corrected chi connectivity index (χ1v) is 15.9. The summed E-state index contributed by atoms with van der Waals surface area (Å²) in [5.74, 6) is 4.32. The number of aromatic nitrogens is 4. The van der Waals surface area contributed by atoms with Gasteiger partial charge in [-0.05, 0) is 29.8 Å². The van der Waals surface area contributed by atoms with Crippen molar-refractivity contribution in [1.29, 1.82) is 0 Å². The number of alkyl halides is 3. The van der Waals surface area contributed by atoms with E-state index < -0.39 is 28.4 Å². The van der Waals surface area contributed by atoms with E-state index in [0.717, 1.165) is 37.9 Å². The van der Waals surface area contributed by atoms with Crippen LogP contribution in [0.3, 0.4) is 0 Å². The van der Waals surface area contributed by atoms with Gasteiger partial charge in [0.1, 0.15) is 17.0 Å². The molecule has 1 aliphatic rings. The number of benzene rings is 2. The molecule has 5 aromatic rings. The van der Waals surface area contributed by atoms with Gasteiger partial charge in [-0.1, -0.05) is 42.2 Å². The minimum Gasteiger partial charge on any atom is -0.475 e. The first-order valence-electron chi connectivity index (χ1n) is 13.3. The monoisotopic (exact) mass is 658 g/mol. The summed E-state index contributed by atoms with van der Waals surface area (Å²) in [5.41, 5.74) is 3.16. The van der Waals surface area contributed by atoms with E-state index in [9.17, 15) is 21.6 Å². The van der Waals surface area contributed by atoms with E-state index >= 15 is 0 Å². The van der Waals surface area contributed by atoms with Gasteiger partial charge in [-0.3, -0.25) is 8.86 Å². The molecule has 6 rings (SSSR count). The number of anilines is 2. The van der Waals surface area contributed by atoms with Crippen molar-refractivity contribution < 1.29 is 35.7 Å². The highest BCUT2D eigenvalue weighted by Gasteiger charge is 2.38. The van der Waals surface area contributed by atoms with Gasteiger partial charge in [0.2, 0.25) is 0 Å². The predicted molar refractivity (Wildman–Crippen MR) is 163 cm³/mol. The van der Waals surface area contributed by atoms with Crippen LogP contribution in [-0.2, 0) is 25.6 Å². The summed E-state index contributed by atoms with van der Waals surface area (Å²) in [6, 6.07) is 18.3. The zero-order valence-electron chi connectivity index (χ0n) is 23.4. The number of halogens is 3. The Kier molecular flexibility index (Phi) is 9.34. The average Bonchev–Trinajstić information content (AvgIpc) is 3.70. The van der Waals surface area contributed by atoms with Crippen LogP contribution in [0.4, 0.5) is 24.7 Å². The van der Waals surface area contributed by atoms with Gasteiger partial charge >= 0.3 is 12.1 Å². The van der Waals surface area contributed by atoms with Crippen molar-refractivity contribution in [3.63, 3.8) is 0 Å². The summed E-state index contributed by atoms with van der Waals surface area (Å²) in [7, 11) is -3.48. The van der Waals surface area contributed by atoms with E-state index in [-0.39, 0.29) is 6.04 Å². The first kappa shape index (κ1) is 31.9. The molecule has 0 radical (unpaired) electrons. The second-order valence-corrected chi connectivity index (χ2v) is 12.6. The fourth-order valence-corrected chi connectivity index (χ4v) is 5.99. The van der Waals surface area contributed by atoms with Crippen LogP contribution in [0.15, 0.2) is 67.1 Å². The molecule has 0 amide bonds. The summed E-state index contributed by atoms with van der Waals surface area (Å²) in [6.07, 6.45) is -0.481. The molecular weight excluding hydrogens is 633 g/mol. The number of carbonyl (C=O) groups is 1. The molecule has 11 nitrogen and oxygen atoms in total. The highest BCUT2D eigenvalue weighted by molar-refractivity contribution is 7.86. The SMILES string of the molecule is CS(=O)(=O)O[C@H]1CN[C@H](C#Cc2cc3c(Nc4ccc5c(cnn5Cc5ccccc5)c4)ncnc3s2)C1.O=C(O)C(F)(F)F. The molecule has 4 heterocycles. The lowest BCUT2D eigenvalue weighted by molar-refractivity contribution is -0.192. The molecule has 2 atom stereocenters. The lowest BCUT2D eigenvalue weighted by Crippen LogP contribution is -2.21. The third-order valence-electron chi connectivity index (χ3n) is 6.42. The molecule has 0 bridgehead atoms. The molecule has 234 valence electrons. The van der Waals surface area contributed by atoms with Crippen LogP contribution in [0.1, 0.15) is 16.9 Å². The molecule has 0 saturated carbocycles. The van der Waals surface area contributed by atoms with E-state index in [2.05, 4.69) is 61.8 Å². The molecule has 1 aliphatic heterocycles. The molecule has 3 N–H and O–H groups in total. The Balaban J connectivity index is 0.000000515. The van der Waals surface area contributed by atoms with Gasteiger partial charge in [0.05, 0.1) is 46.9 Å². The summed E-state index contributed by atoms with van der Waals surface area (Å²) >= 11 is 1.49. The van der Waals surface area contributed by atoms with Crippen molar-refractivity contribution >= 4 is 60.0 Å². The Bertz CT molecular complexity index is 2000. The van der Waals surface area contributed by atoms with Crippen LogP contribution < -0.4 is 10.6 Å². The maximum Gasteiger partial charge on any atom is 0.490 e. The van der Waals surface area contributed by atoms with Crippen molar-refractivity contribution in [3.8, 4) is 11.8 Å². The Morgan fingerprint density at radius 1 is 1.20 bits per heavy atom. The second-order valence-electron chi connectivity index (χ2n) is 9.93. The van der Waals surface area contributed by atoms with E-state index in [1.807, 2.05) is 41.2 Å². The standard InChI is InChI=1S/C27H24N6O3S2.C2HF3O2/c1-38(34,35)36-22-12-20(28-15-22)7-9-23-13-24-26(29-17-30-27(24)37-23)32-21-8-10-25-19(11-21)14-31-33(25)16-18-5-3-2-4-6-18;3-2(4,5)1(6)7/h2-6,8,10-11,13-14,17,20,22,28H,12,15-16H2,1H3,(H,29,30,32);(H,6,7)/t20-,22-;/m1./s1. The van der Waals surface area contributed by atoms with E-state index in [4.69, 9.17) is 14.1 Å². The highest BCUT2D eigenvalue weighted by Crippen LogP contribution is 2.30. The van der Waals surface area contributed by atoms with E-state index in [0.29, 0.717) is 25.3 Å². The summed E-state index contributed by atoms with van der Waals surface area (Å²) in [4.78, 5) is 19.5. The van der Waals surface area contributed by atoms with Crippen molar-refractivity contribution in [1.82, 2.24) is 25.1 Å². The number of nitrogens with one attached hydrogen (secondary N) is 2. The van der Waals surface area contributed by atoms with Crippen LogP contribution in [-0.4, -0.2) is 70.4 Å². The van der Waals surface area contributed by atoms with Gasteiger partial charge in [0.25, 0.3) is 10.1 Å². The number of carboxylic acids is 1. The molecule has 0 unspecified atom stereocenters. The van der Waals surface area contributed by atoms with Crippen molar-refractivity contribution in [2.75, 3.05) is 18.1 Å². The van der Waals surface area contributed by atoms with Crippen molar-refractivity contribution in [3.05, 3.63) is 77.6 Å². The predicted octanol–water partition coefficient (Wildman–Crippen LogP) is 4.52. The number of aliphatic carboxylic acids is 1. The van der Waals surface area contributed by atoms with Gasteiger partial charge in [-0.25, -0.2) is 14.8 Å². The number of thiophene rings is 1. The number of fused-ring (bicyclic) bond motifs is 2. The normalized spacial score (nSPS) is 16.5. The summed E-state index contributed by atoms with van der Waals surface area (Å²) < 4.78 is 61.5. The first-order chi connectivity index (χ1) is 21.3. The third kappa shape index (κ3) is 8.54. The number of rotatable bonds is 6. The summed E-state index contributed by atoms with van der Waals surface area (Å²) in [5, 5.41) is 20.2. The minimum atomic E-state index is -5.08. The number of hydrogen-bond donors (Lipinski definition) is 3. The van der Waals surface area contributed by atoms with Gasteiger partial charge in [-0.2, -0.15) is 26.7 Å². The minimum absolute atomic E-state index is 0.134. The Morgan fingerprint density at radius 2 is 1.96 bits per heavy atom. The number of nitrogens with zero attached hydrogens (tertiary/aromatic N) is 4. The number of hydrogen-bond acceptors (Lipinski definition) is 10. The van der Waals surface area contributed by atoms with E-state index in [1.54, 1.807) is 6.33 Å². The van der Waals surface area contributed by atoms with Crippen LogP contribution >= 0.6 is 11.3 Å². The van der Waals surface area contributed by atoms with Crippen molar-refractivity contribution in [2.45, 2.75) is 31.3 Å². The molecule has 1 saturated heterocycles.